The molecule has 5 nitrogen and oxygen atoms in total. The van der Waals surface area contributed by atoms with Gasteiger partial charge in [0.25, 0.3) is 0 Å². The quantitative estimate of drug-likeness (QED) is 0.658. The lowest BCUT2D eigenvalue weighted by atomic mass is 10.1. The first-order chi connectivity index (χ1) is 8.15. The molecule has 0 radical (unpaired) electrons. The van der Waals surface area contributed by atoms with E-state index in [9.17, 15) is 4.79 Å². The van der Waals surface area contributed by atoms with E-state index >= 15 is 0 Å². The molecule has 0 saturated carbocycles. The molecule has 1 aliphatic heterocycles. The fraction of sp³-hybridized carbons (Fsp3) is 0.917. The molecule has 17 heavy (non-hydrogen) atoms. The third kappa shape index (κ3) is 4.91. The molecule has 2 N–H and O–H groups in total. The monoisotopic (exact) mass is 243 g/mol. The minimum atomic E-state index is 0.0534. The largest absolute Gasteiger partial charge is 0.380 e. The Kier molecular flexibility index (Phi) is 6.29. The molecule has 1 atom stereocenters. The summed E-state index contributed by atoms with van der Waals surface area (Å²) in [4.78, 5) is 13.2. The van der Waals surface area contributed by atoms with E-state index in [1.54, 1.807) is 0 Å². The zero-order chi connectivity index (χ0) is 12.7. The molecule has 0 bridgehead atoms. The van der Waals surface area contributed by atoms with Crippen LogP contribution in [0.3, 0.4) is 0 Å². The number of nitrogens with zero attached hydrogens (tertiary/aromatic N) is 1. The predicted octanol–water partition coefficient (Wildman–Crippen LogP) is 0.662. The fourth-order valence-electron chi connectivity index (χ4n) is 1.84. The first kappa shape index (κ1) is 14.3. The summed E-state index contributed by atoms with van der Waals surface area (Å²) in [5, 5.41) is 6.25. The summed E-state index contributed by atoms with van der Waals surface area (Å²) in [6, 6.07) is 0.415. The number of hydrogen-bond donors (Lipinski definition) is 2. The minimum absolute atomic E-state index is 0.0534. The van der Waals surface area contributed by atoms with Gasteiger partial charge in [0, 0.05) is 38.8 Å². The smallest absolute Gasteiger partial charge is 0.317 e. The fourth-order valence-corrected chi connectivity index (χ4v) is 1.84. The van der Waals surface area contributed by atoms with Gasteiger partial charge in [-0.2, -0.15) is 0 Å². The highest BCUT2D eigenvalue weighted by Gasteiger charge is 2.19. The Labute approximate surface area is 104 Å². The third-order valence-corrected chi connectivity index (χ3v) is 3.04. The summed E-state index contributed by atoms with van der Waals surface area (Å²) in [6.45, 7) is 11.0. The lowest BCUT2D eigenvalue weighted by molar-refractivity contribution is 0.107. The summed E-state index contributed by atoms with van der Waals surface area (Å²) in [5.41, 5.74) is 0. The van der Waals surface area contributed by atoms with Crippen LogP contribution in [-0.2, 0) is 4.74 Å². The molecule has 2 amide bonds. The second-order valence-electron chi connectivity index (χ2n) is 4.68. The van der Waals surface area contributed by atoms with Crippen LogP contribution in [0.4, 0.5) is 4.79 Å². The van der Waals surface area contributed by atoms with E-state index in [1.165, 1.54) is 0 Å². The number of amides is 2. The van der Waals surface area contributed by atoms with Crippen LogP contribution in [0.5, 0.6) is 0 Å². The molecule has 1 unspecified atom stereocenters. The van der Waals surface area contributed by atoms with Crippen molar-refractivity contribution in [3.8, 4) is 0 Å². The number of carbonyl (C=O) groups excluding carboxylic acids is 1. The maximum Gasteiger partial charge on any atom is 0.317 e. The maximum absolute atomic E-state index is 11.3. The van der Waals surface area contributed by atoms with E-state index in [1.807, 2.05) is 11.8 Å². The van der Waals surface area contributed by atoms with E-state index in [0.717, 1.165) is 39.4 Å². The Morgan fingerprint density at radius 3 is 2.82 bits per heavy atom. The molecule has 1 saturated heterocycles. The number of nitrogens with one attached hydrogen (secondary N) is 2. The minimum Gasteiger partial charge on any atom is -0.380 e. The number of hydrogen-bond acceptors (Lipinski definition) is 3. The van der Waals surface area contributed by atoms with E-state index in [-0.39, 0.29) is 6.03 Å². The molecule has 1 fully saturated rings. The van der Waals surface area contributed by atoms with Gasteiger partial charge in [0.2, 0.25) is 0 Å². The van der Waals surface area contributed by atoms with Crippen LogP contribution >= 0.6 is 0 Å². The second-order valence-corrected chi connectivity index (χ2v) is 4.68. The Hall–Kier alpha value is -0.810. The van der Waals surface area contributed by atoms with Crippen molar-refractivity contribution < 1.29 is 9.53 Å². The molecule has 0 aromatic carbocycles. The molecule has 0 aromatic heterocycles. The van der Waals surface area contributed by atoms with Crippen LogP contribution in [0.25, 0.3) is 0 Å². The van der Waals surface area contributed by atoms with Gasteiger partial charge in [-0.05, 0) is 12.8 Å². The molecule has 0 aliphatic carbocycles. The van der Waals surface area contributed by atoms with Gasteiger partial charge < -0.3 is 20.3 Å². The van der Waals surface area contributed by atoms with E-state index < -0.39 is 0 Å². The van der Waals surface area contributed by atoms with Crippen molar-refractivity contribution in [1.29, 1.82) is 0 Å². The van der Waals surface area contributed by atoms with E-state index in [2.05, 4.69) is 24.5 Å². The molecule has 100 valence electrons. The van der Waals surface area contributed by atoms with Crippen molar-refractivity contribution in [2.24, 2.45) is 5.92 Å². The molecular formula is C12H25N3O2. The van der Waals surface area contributed by atoms with Gasteiger partial charge in [0.05, 0.1) is 6.61 Å². The normalized spacial score (nSPS) is 17.6. The van der Waals surface area contributed by atoms with Gasteiger partial charge in [0.1, 0.15) is 0 Å². The molecule has 0 spiro atoms. The number of urea groups is 1. The van der Waals surface area contributed by atoms with Crippen LogP contribution in [0, 0.1) is 5.92 Å². The van der Waals surface area contributed by atoms with Crippen LogP contribution in [0.2, 0.25) is 0 Å². The van der Waals surface area contributed by atoms with Gasteiger partial charge in [0.15, 0.2) is 0 Å². The van der Waals surface area contributed by atoms with Gasteiger partial charge >= 0.3 is 6.03 Å². The van der Waals surface area contributed by atoms with Crippen molar-refractivity contribution in [3.63, 3.8) is 0 Å². The van der Waals surface area contributed by atoms with E-state index in [4.69, 9.17) is 4.74 Å². The highest BCUT2D eigenvalue weighted by molar-refractivity contribution is 5.76. The van der Waals surface area contributed by atoms with Gasteiger partial charge in [-0.3, -0.25) is 0 Å². The van der Waals surface area contributed by atoms with Gasteiger partial charge in [-0.25, -0.2) is 4.79 Å². The molecule has 1 aliphatic rings. The molecule has 5 heteroatoms. The Balaban J connectivity index is 2.19. The lowest BCUT2D eigenvalue weighted by Crippen LogP contribution is -2.43. The predicted molar refractivity (Wildman–Crippen MR) is 68.1 cm³/mol. The van der Waals surface area contributed by atoms with Gasteiger partial charge in [-0.1, -0.05) is 13.8 Å². The Bertz CT molecular complexity index is 234. The van der Waals surface area contributed by atoms with Crippen molar-refractivity contribution >= 4 is 6.03 Å². The summed E-state index contributed by atoms with van der Waals surface area (Å²) in [7, 11) is 0. The van der Waals surface area contributed by atoms with Crippen molar-refractivity contribution in [2.75, 3.05) is 39.4 Å². The number of carbonyl (C=O) groups is 1. The molecule has 0 aromatic rings. The van der Waals surface area contributed by atoms with Gasteiger partial charge in [-0.15, -0.1) is 0 Å². The highest BCUT2D eigenvalue weighted by Crippen LogP contribution is 2.02. The Morgan fingerprint density at radius 2 is 2.29 bits per heavy atom. The van der Waals surface area contributed by atoms with Crippen molar-refractivity contribution in [2.45, 2.75) is 26.8 Å². The average Bonchev–Trinajstić information content (AvgIpc) is 2.69. The maximum atomic E-state index is 11.3. The zero-order valence-electron chi connectivity index (χ0n) is 11.2. The zero-order valence-corrected chi connectivity index (χ0v) is 11.2. The molecular weight excluding hydrogens is 218 g/mol. The Morgan fingerprint density at radius 1 is 1.53 bits per heavy atom. The number of ether oxygens (including phenoxy) is 1. The summed E-state index contributed by atoms with van der Waals surface area (Å²) >= 11 is 0. The third-order valence-electron chi connectivity index (χ3n) is 3.04. The average molecular weight is 243 g/mol. The summed E-state index contributed by atoms with van der Waals surface area (Å²) < 4.78 is 5.45. The molecule has 1 rings (SSSR count). The lowest BCUT2D eigenvalue weighted by Gasteiger charge is -2.23. The first-order valence-electron chi connectivity index (χ1n) is 6.49. The number of rotatable bonds is 8. The van der Waals surface area contributed by atoms with Crippen molar-refractivity contribution in [3.05, 3.63) is 0 Å². The van der Waals surface area contributed by atoms with E-state index in [0.29, 0.717) is 12.0 Å². The first-order valence-corrected chi connectivity index (χ1v) is 6.49. The van der Waals surface area contributed by atoms with Crippen LogP contribution in [0.15, 0.2) is 0 Å². The highest BCUT2D eigenvalue weighted by atomic mass is 16.5. The topological polar surface area (TPSA) is 53.6 Å². The standard InChI is InChI=1S/C12H25N3O2/c1-4-17-9-11(10(2)3)13-5-7-15-8-6-14-12(15)16/h10-11,13H,4-9H2,1-3H3,(H,14,16). The SMILES string of the molecule is CCOCC(NCCN1CCNC1=O)C(C)C. The van der Waals surface area contributed by atoms with Crippen molar-refractivity contribution in [1.82, 2.24) is 15.5 Å². The second kappa shape index (κ2) is 7.50. The summed E-state index contributed by atoms with van der Waals surface area (Å²) in [5.74, 6) is 0.536. The summed E-state index contributed by atoms with van der Waals surface area (Å²) in [6.07, 6.45) is 0. The van der Waals surface area contributed by atoms with Crippen LogP contribution < -0.4 is 10.6 Å². The molecule has 1 heterocycles. The van der Waals surface area contributed by atoms with Crippen LogP contribution in [-0.4, -0.2) is 56.4 Å². The van der Waals surface area contributed by atoms with Crippen LogP contribution in [0.1, 0.15) is 20.8 Å².